The van der Waals surface area contributed by atoms with Crippen LogP contribution in [0.25, 0.3) is 0 Å². The Balaban J connectivity index is 2.05. The average molecular weight is 448 g/mol. The van der Waals surface area contributed by atoms with Gasteiger partial charge in [-0.05, 0) is 44.6 Å². The Hall–Kier alpha value is -2.22. The molecule has 0 aliphatic carbocycles. The number of thiazole rings is 1. The van der Waals surface area contributed by atoms with E-state index in [1.165, 1.54) is 11.3 Å². The van der Waals surface area contributed by atoms with Crippen molar-refractivity contribution in [3.8, 4) is 0 Å². The van der Waals surface area contributed by atoms with Crippen LogP contribution < -0.4 is 0 Å². The van der Waals surface area contributed by atoms with Gasteiger partial charge in [-0.25, -0.2) is 4.98 Å². The molecular formula is C22H26ClN3O3S. The third-order valence-corrected chi connectivity index (χ3v) is 6.68. The molecule has 0 bridgehead atoms. The molecule has 0 fully saturated rings. The summed E-state index contributed by atoms with van der Waals surface area (Å²) < 4.78 is 0. The second-order valence-corrected chi connectivity index (χ2v) is 8.86. The van der Waals surface area contributed by atoms with Crippen molar-refractivity contribution in [2.45, 2.75) is 33.7 Å². The van der Waals surface area contributed by atoms with Crippen molar-refractivity contribution >= 4 is 34.6 Å². The quantitative estimate of drug-likeness (QED) is 0.609. The molecule has 6 nitrogen and oxygen atoms in total. The number of aromatic nitrogens is 1. The van der Waals surface area contributed by atoms with Gasteiger partial charge < -0.3 is 14.9 Å². The lowest BCUT2D eigenvalue weighted by atomic mass is 9.95. The van der Waals surface area contributed by atoms with Crippen molar-refractivity contribution in [2.24, 2.45) is 0 Å². The van der Waals surface area contributed by atoms with E-state index in [0.717, 1.165) is 18.1 Å². The number of likely N-dealkylation sites (N-methyl/N-ethyl adjacent to an activating group) is 1. The van der Waals surface area contributed by atoms with E-state index in [9.17, 15) is 14.7 Å². The third-order valence-electron chi connectivity index (χ3n) is 5.37. The number of Topliss-reactive ketones (excluding diaryl/α,β-unsaturated/α-hetero) is 1. The van der Waals surface area contributed by atoms with Gasteiger partial charge in [-0.1, -0.05) is 37.6 Å². The van der Waals surface area contributed by atoms with E-state index in [0.29, 0.717) is 34.2 Å². The summed E-state index contributed by atoms with van der Waals surface area (Å²) in [5, 5.41) is 12.0. The fourth-order valence-corrected chi connectivity index (χ4v) is 4.87. The minimum atomic E-state index is -0.693. The zero-order chi connectivity index (χ0) is 22.0. The Labute approximate surface area is 185 Å². The number of nitrogens with zero attached hydrogens (tertiary/aromatic N) is 3. The topological polar surface area (TPSA) is 73.7 Å². The lowest BCUT2D eigenvalue weighted by Gasteiger charge is -2.29. The number of aliphatic hydroxyl groups is 1. The number of halogens is 1. The summed E-state index contributed by atoms with van der Waals surface area (Å²) in [6.45, 7) is 10.4. The summed E-state index contributed by atoms with van der Waals surface area (Å²) in [4.78, 5) is 35.0. The maximum Gasteiger partial charge on any atom is 0.290 e. The number of hydrogen-bond donors (Lipinski definition) is 1. The minimum Gasteiger partial charge on any atom is -0.503 e. The van der Waals surface area contributed by atoms with Crippen molar-refractivity contribution < 1.29 is 14.7 Å². The highest BCUT2D eigenvalue weighted by molar-refractivity contribution is 7.14. The molecule has 0 radical (unpaired) electrons. The van der Waals surface area contributed by atoms with E-state index in [4.69, 9.17) is 11.6 Å². The lowest BCUT2D eigenvalue weighted by Crippen LogP contribution is -2.38. The highest BCUT2D eigenvalue weighted by atomic mass is 35.5. The summed E-state index contributed by atoms with van der Waals surface area (Å²) >= 11 is 7.48. The van der Waals surface area contributed by atoms with E-state index in [2.05, 4.69) is 23.7 Å². The van der Waals surface area contributed by atoms with E-state index in [-0.39, 0.29) is 11.4 Å². The molecule has 30 heavy (non-hydrogen) atoms. The maximum atomic E-state index is 13.4. The van der Waals surface area contributed by atoms with Crippen LogP contribution in [0.1, 0.15) is 45.8 Å². The van der Waals surface area contributed by atoms with E-state index in [1.54, 1.807) is 30.0 Å². The first kappa shape index (κ1) is 22.5. The van der Waals surface area contributed by atoms with Crippen molar-refractivity contribution in [3.63, 3.8) is 0 Å². The Kier molecular flexibility index (Phi) is 6.95. The van der Waals surface area contributed by atoms with Crippen LogP contribution in [0.2, 0.25) is 5.02 Å². The van der Waals surface area contributed by atoms with Gasteiger partial charge in [0.25, 0.3) is 5.91 Å². The first-order valence-electron chi connectivity index (χ1n) is 9.99. The fourth-order valence-electron chi connectivity index (χ4n) is 3.79. The molecule has 2 heterocycles. The molecule has 1 aromatic heterocycles. The van der Waals surface area contributed by atoms with Crippen molar-refractivity contribution in [3.05, 3.63) is 61.8 Å². The number of benzene rings is 1. The number of carbonyl (C=O) groups excluding carboxylic acids is 2. The van der Waals surface area contributed by atoms with Gasteiger partial charge in [0.15, 0.2) is 5.76 Å². The SMILES string of the molecule is CCN(CC)CCN1C(=O)C(O)=C(C(=O)c2sc(C)nc2C)[C@H]1c1cccc(Cl)c1. The van der Waals surface area contributed by atoms with Gasteiger partial charge in [0.2, 0.25) is 5.78 Å². The number of carbonyl (C=O) groups is 2. The summed E-state index contributed by atoms with van der Waals surface area (Å²) in [5.41, 5.74) is 1.39. The van der Waals surface area contributed by atoms with Crippen LogP contribution in [0.3, 0.4) is 0 Å². The van der Waals surface area contributed by atoms with Gasteiger partial charge in [-0.3, -0.25) is 9.59 Å². The molecule has 1 aliphatic heterocycles. The zero-order valence-electron chi connectivity index (χ0n) is 17.6. The Bertz CT molecular complexity index is 997. The lowest BCUT2D eigenvalue weighted by molar-refractivity contribution is -0.129. The van der Waals surface area contributed by atoms with Gasteiger partial charge in [0, 0.05) is 18.1 Å². The second-order valence-electron chi connectivity index (χ2n) is 7.22. The molecule has 1 atom stereocenters. The first-order valence-corrected chi connectivity index (χ1v) is 11.2. The molecule has 8 heteroatoms. The monoisotopic (exact) mass is 447 g/mol. The van der Waals surface area contributed by atoms with Crippen molar-refractivity contribution in [1.29, 1.82) is 0 Å². The molecule has 1 N–H and O–H groups in total. The molecule has 1 aromatic carbocycles. The third kappa shape index (κ3) is 4.29. The van der Waals surface area contributed by atoms with Crippen LogP contribution >= 0.6 is 22.9 Å². The van der Waals surface area contributed by atoms with Gasteiger partial charge in [0.1, 0.15) is 0 Å². The predicted octanol–water partition coefficient (Wildman–Crippen LogP) is 4.33. The number of hydrogen-bond acceptors (Lipinski definition) is 6. The van der Waals surface area contributed by atoms with Crippen LogP contribution in [-0.4, -0.2) is 57.8 Å². The van der Waals surface area contributed by atoms with Crippen LogP contribution in [0, 0.1) is 13.8 Å². The van der Waals surface area contributed by atoms with Gasteiger partial charge in [-0.2, -0.15) is 0 Å². The van der Waals surface area contributed by atoms with Crippen molar-refractivity contribution in [1.82, 2.24) is 14.8 Å². The standard InChI is InChI=1S/C22H26ClN3O3S/c1-5-25(6-2)10-11-26-18(15-8-7-9-16(23)12-15)17(20(28)22(26)29)19(27)21-13(3)24-14(4)30-21/h7-9,12,18,28H,5-6,10-11H2,1-4H3/t18-/m1/s1. The number of ketones is 1. The van der Waals surface area contributed by atoms with Gasteiger partial charge in [-0.15, -0.1) is 11.3 Å². The van der Waals surface area contributed by atoms with Crippen LogP contribution in [0.4, 0.5) is 0 Å². The molecule has 3 rings (SSSR count). The summed E-state index contributed by atoms with van der Waals surface area (Å²) in [6, 6.07) is 6.39. The fraction of sp³-hybridized carbons (Fsp3) is 0.409. The Morgan fingerprint density at radius 1 is 1.30 bits per heavy atom. The Morgan fingerprint density at radius 3 is 2.57 bits per heavy atom. The molecule has 0 saturated heterocycles. The van der Waals surface area contributed by atoms with Gasteiger partial charge >= 0.3 is 0 Å². The second kappa shape index (κ2) is 9.29. The summed E-state index contributed by atoms with van der Waals surface area (Å²) in [6.07, 6.45) is 0. The van der Waals surface area contributed by atoms with Gasteiger partial charge in [0.05, 0.1) is 27.2 Å². The predicted molar refractivity (Wildman–Crippen MR) is 119 cm³/mol. The summed E-state index contributed by atoms with van der Waals surface area (Å²) in [7, 11) is 0. The number of amides is 1. The van der Waals surface area contributed by atoms with Crippen molar-refractivity contribution in [2.75, 3.05) is 26.2 Å². The molecule has 160 valence electrons. The minimum absolute atomic E-state index is 0.0913. The average Bonchev–Trinajstić information content (AvgIpc) is 3.18. The smallest absolute Gasteiger partial charge is 0.290 e. The number of aliphatic hydroxyl groups excluding tert-OH is 1. The molecule has 0 saturated carbocycles. The highest BCUT2D eigenvalue weighted by Crippen LogP contribution is 2.40. The van der Waals surface area contributed by atoms with Crippen LogP contribution in [0.15, 0.2) is 35.6 Å². The highest BCUT2D eigenvalue weighted by Gasteiger charge is 2.44. The molecule has 2 aromatic rings. The molecule has 1 aliphatic rings. The van der Waals surface area contributed by atoms with Crippen LogP contribution in [-0.2, 0) is 4.79 Å². The number of rotatable bonds is 8. The van der Waals surface area contributed by atoms with E-state index < -0.39 is 17.7 Å². The maximum absolute atomic E-state index is 13.4. The summed E-state index contributed by atoms with van der Waals surface area (Å²) in [5.74, 6) is -1.39. The molecule has 1 amide bonds. The van der Waals surface area contributed by atoms with E-state index in [1.807, 2.05) is 13.0 Å². The Morgan fingerprint density at radius 2 is 2.00 bits per heavy atom. The largest absolute Gasteiger partial charge is 0.503 e. The zero-order valence-corrected chi connectivity index (χ0v) is 19.2. The molecule has 0 spiro atoms. The first-order chi connectivity index (χ1) is 14.3. The normalized spacial score (nSPS) is 16.8. The molecule has 0 unspecified atom stereocenters. The van der Waals surface area contributed by atoms with E-state index >= 15 is 0 Å². The number of aryl methyl sites for hydroxylation is 2. The molecular weight excluding hydrogens is 422 g/mol. The van der Waals surface area contributed by atoms with Crippen LogP contribution in [0.5, 0.6) is 0 Å².